The minimum Gasteiger partial charge on any atom is -0.383 e. The number of aromatic amines is 1. The molecule has 132 valence electrons. The monoisotopic (exact) mass is 351 g/mol. The van der Waals surface area contributed by atoms with Gasteiger partial charge < -0.3 is 10.1 Å². The average Bonchev–Trinajstić information content (AvgIpc) is 3.23. The summed E-state index contributed by atoms with van der Waals surface area (Å²) in [7, 11) is 1.59. The van der Waals surface area contributed by atoms with Crippen LogP contribution < -0.4 is 10.2 Å². The summed E-state index contributed by atoms with van der Waals surface area (Å²) in [6.07, 6.45) is 4.57. The van der Waals surface area contributed by atoms with Gasteiger partial charge in [0.15, 0.2) is 17.5 Å². The molecule has 0 spiro atoms. The van der Waals surface area contributed by atoms with Gasteiger partial charge in [-0.25, -0.2) is 15.0 Å². The van der Waals surface area contributed by atoms with E-state index >= 15 is 0 Å². The highest BCUT2D eigenvalue weighted by atomic mass is 16.5. The Morgan fingerprint density at radius 2 is 1.96 bits per heavy atom. The topological polar surface area (TPSA) is 109 Å². The van der Waals surface area contributed by atoms with Crippen molar-refractivity contribution in [2.75, 3.05) is 30.5 Å². The van der Waals surface area contributed by atoms with Crippen LogP contribution in [-0.2, 0) is 15.1 Å². The minimum atomic E-state index is -1.31. The predicted octanol–water partition coefficient (Wildman–Crippen LogP) is 0.943. The molecule has 1 amide bonds. The summed E-state index contributed by atoms with van der Waals surface area (Å²) >= 11 is 0. The Balaban J connectivity index is 1.93. The van der Waals surface area contributed by atoms with Gasteiger partial charge in [-0.15, -0.1) is 0 Å². The number of methoxy groups -OCH3 is 1. The van der Waals surface area contributed by atoms with Crippen molar-refractivity contribution in [3.05, 3.63) is 60.4 Å². The normalized spacial score (nSPS) is 19.1. The van der Waals surface area contributed by atoms with Crippen molar-refractivity contribution < 1.29 is 9.53 Å². The molecule has 0 fully saturated rings. The highest BCUT2D eigenvalue weighted by molar-refractivity contribution is 6.08. The first-order chi connectivity index (χ1) is 12.8. The highest BCUT2D eigenvalue weighted by Gasteiger charge is 2.52. The molecule has 0 saturated heterocycles. The lowest BCUT2D eigenvalue weighted by atomic mass is 9.85. The van der Waals surface area contributed by atoms with E-state index in [0.717, 1.165) is 0 Å². The summed E-state index contributed by atoms with van der Waals surface area (Å²) < 4.78 is 5.17. The van der Waals surface area contributed by atoms with Crippen LogP contribution in [0.25, 0.3) is 0 Å². The van der Waals surface area contributed by atoms with Crippen LogP contribution in [0.3, 0.4) is 0 Å². The Morgan fingerprint density at radius 3 is 2.69 bits per heavy atom. The van der Waals surface area contributed by atoms with Crippen LogP contribution >= 0.6 is 0 Å². The Morgan fingerprint density at radius 1 is 1.15 bits per heavy atom. The number of H-pyrrole nitrogens is 1. The summed E-state index contributed by atoms with van der Waals surface area (Å²) in [6, 6.07) is 9.34. The van der Waals surface area contributed by atoms with E-state index in [4.69, 9.17) is 4.74 Å². The number of benzene rings is 1. The largest absolute Gasteiger partial charge is 0.383 e. The van der Waals surface area contributed by atoms with Gasteiger partial charge in [-0.1, -0.05) is 30.3 Å². The molecule has 1 aliphatic heterocycles. The van der Waals surface area contributed by atoms with Crippen LogP contribution in [0.15, 0.2) is 49.1 Å². The minimum absolute atomic E-state index is 0.242. The maximum atomic E-state index is 13.7. The van der Waals surface area contributed by atoms with Crippen molar-refractivity contribution in [2.45, 2.75) is 5.54 Å². The summed E-state index contributed by atoms with van der Waals surface area (Å²) in [6.45, 7) is 0.697. The molecule has 0 bridgehead atoms. The third kappa shape index (κ3) is 2.40. The molecule has 0 aliphatic carbocycles. The smallest absolute Gasteiger partial charge is 0.266 e. The van der Waals surface area contributed by atoms with Crippen LogP contribution in [0.5, 0.6) is 0 Å². The maximum absolute atomic E-state index is 13.7. The summed E-state index contributed by atoms with van der Waals surface area (Å²) in [5, 5.41) is 10.1. The fraction of sp³-hybridized carbons (Fsp3) is 0.235. The van der Waals surface area contributed by atoms with E-state index in [1.54, 1.807) is 24.4 Å². The van der Waals surface area contributed by atoms with E-state index in [1.807, 2.05) is 30.3 Å². The van der Waals surface area contributed by atoms with Crippen LogP contribution in [0.2, 0.25) is 0 Å². The molecule has 3 heterocycles. The third-order valence-electron chi connectivity index (χ3n) is 4.28. The number of ether oxygens (including phenoxy) is 1. The lowest BCUT2D eigenvalue weighted by molar-refractivity contribution is -0.122. The molecule has 9 nitrogen and oxygen atoms in total. The first kappa shape index (κ1) is 16.2. The van der Waals surface area contributed by atoms with Gasteiger partial charge in [0, 0.05) is 19.5 Å². The molecule has 1 aliphatic rings. The van der Waals surface area contributed by atoms with E-state index in [-0.39, 0.29) is 5.91 Å². The maximum Gasteiger partial charge on any atom is 0.266 e. The molecule has 1 atom stereocenters. The molecule has 2 aromatic heterocycles. The molecular formula is C17H17N7O2. The van der Waals surface area contributed by atoms with Gasteiger partial charge in [-0.3, -0.25) is 14.8 Å². The molecule has 3 aromatic rings. The Bertz CT molecular complexity index is 900. The summed E-state index contributed by atoms with van der Waals surface area (Å²) in [5.41, 5.74) is -0.596. The third-order valence-corrected chi connectivity index (χ3v) is 4.28. The Labute approximate surface area is 149 Å². The van der Waals surface area contributed by atoms with Crippen molar-refractivity contribution in [1.82, 2.24) is 25.1 Å². The van der Waals surface area contributed by atoms with Crippen molar-refractivity contribution in [3.63, 3.8) is 0 Å². The Kier molecular flexibility index (Phi) is 4.05. The van der Waals surface area contributed by atoms with Crippen molar-refractivity contribution in [3.8, 4) is 0 Å². The summed E-state index contributed by atoms with van der Waals surface area (Å²) in [5.74, 6) is 1.01. The molecular weight excluding hydrogens is 334 g/mol. The number of fused-ring (bicyclic) bond motifs is 1. The SMILES string of the molecule is COCCN1C(=O)C(c2ccccc2)(c2nc[nH]n2)Nc2nccnc21. The summed E-state index contributed by atoms with van der Waals surface area (Å²) in [4.78, 5) is 28.2. The van der Waals surface area contributed by atoms with Gasteiger partial charge in [-0.05, 0) is 5.56 Å². The van der Waals surface area contributed by atoms with Crippen LogP contribution in [0.1, 0.15) is 11.4 Å². The molecule has 0 saturated carbocycles. The number of carbonyl (C=O) groups is 1. The molecule has 4 rings (SSSR count). The van der Waals surface area contributed by atoms with Crippen molar-refractivity contribution >= 4 is 17.5 Å². The number of nitrogens with one attached hydrogen (secondary N) is 2. The number of carbonyl (C=O) groups excluding carboxylic acids is 1. The fourth-order valence-electron chi connectivity index (χ4n) is 3.09. The van der Waals surface area contributed by atoms with Gasteiger partial charge in [0.1, 0.15) is 6.33 Å². The second kappa shape index (κ2) is 6.52. The molecule has 1 aromatic carbocycles. The van der Waals surface area contributed by atoms with E-state index in [2.05, 4.69) is 30.5 Å². The van der Waals surface area contributed by atoms with Gasteiger partial charge in [-0.2, -0.15) is 5.10 Å². The number of nitrogens with zero attached hydrogens (tertiary/aromatic N) is 5. The van der Waals surface area contributed by atoms with E-state index in [0.29, 0.717) is 36.2 Å². The van der Waals surface area contributed by atoms with Gasteiger partial charge in [0.25, 0.3) is 5.91 Å². The second-order valence-corrected chi connectivity index (χ2v) is 5.74. The molecule has 26 heavy (non-hydrogen) atoms. The zero-order chi connectivity index (χ0) is 18.0. The van der Waals surface area contributed by atoms with Gasteiger partial charge >= 0.3 is 0 Å². The molecule has 2 N–H and O–H groups in total. The molecule has 0 radical (unpaired) electrons. The predicted molar refractivity (Wildman–Crippen MR) is 93.5 cm³/mol. The lowest BCUT2D eigenvalue weighted by Gasteiger charge is -2.40. The lowest BCUT2D eigenvalue weighted by Crippen LogP contribution is -2.57. The molecule has 1 unspecified atom stereocenters. The fourth-order valence-corrected chi connectivity index (χ4v) is 3.09. The second-order valence-electron chi connectivity index (χ2n) is 5.74. The van der Waals surface area contributed by atoms with Crippen molar-refractivity contribution in [1.29, 1.82) is 0 Å². The van der Waals surface area contributed by atoms with Crippen LogP contribution in [0, 0.1) is 0 Å². The number of rotatable bonds is 5. The van der Waals surface area contributed by atoms with Crippen LogP contribution in [0.4, 0.5) is 11.6 Å². The molecule has 9 heteroatoms. The van der Waals surface area contributed by atoms with E-state index in [1.165, 1.54) is 6.33 Å². The van der Waals surface area contributed by atoms with Gasteiger partial charge in [0.05, 0.1) is 13.2 Å². The van der Waals surface area contributed by atoms with E-state index in [9.17, 15) is 4.79 Å². The van der Waals surface area contributed by atoms with E-state index < -0.39 is 5.54 Å². The number of aromatic nitrogens is 5. The first-order valence-corrected chi connectivity index (χ1v) is 8.09. The Hall–Kier alpha value is -3.33. The standard InChI is InChI=1S/C17H17N7O2/c1-26-10-9-24-14-13(18-7-8-19-14)22-17(16(24)25,15-20-11-21-23-15)12-5-3-2-4-6-12/h2-8,11H,9-10H2,1H3,(H,18,22)(H,20,21,23). The van der Waals surface area contributed by atoms with Gasteiger partial charge in [0.2, 0.25) is 5.54 Å². The average molecular weight is 351 g/mol. The zero-order valence-corrected chi connectivity index (χ0v) is 14.1. The number of hydrogen-bond donors (Lipinski definition) is 2. The number of hydrogen-bond acceptors (Lipinski definition) is 7. The van der Waals surface area contributed by atoms with Crippen molar-refractivity contribution in [2.24, 2.45) is 0 Å². The zero-order valence-electron chi connectivity index (χ0n) is 14.1. The number of amides is 1. The van der Waals surface area contributed by atoms with Crippen LogP contribution in [-0.4, -0.2) is 51.3 Å². The highest BCUT2D eigenvalue weighted by Crippen LogP contribution is 2.40. The number of anilines is 2. The first-order valence-electron chi connectivity index (χ1n) is 8.09. The quantitative estimate of drug-likeness (QED) is 0.704.